The number of nitrogens with zero attached hydrogens (tertiary/aromatic N) is 2. The molecule has 2 N–H and O–H groups in total. The first-order chi connectivity index (χ1) is 14.7. The Hall–Kier alpha value is -3.68. The Morgan fingerprint density at radius 2 is 1.90 bits per heavy atom. The lowest BCUT2D eigenvalue weighted by molar-refractivity contribution is 0.0948. The molecular weight excluding hydrogens is 384 g/mol. The maximum absolute atomic E-state index is 12.7. The van der Waals surface area contributed by atoms with Gasteiger partial charge in [0.2, 0.25) is 0 Å². The molecule has 1 amide bonds. The third-order valence-corrected chi connectivity index (χ3v) is 5.07. The molecule has 4 rings (SSSR count). The second-order valence-electron chi connectivity index (χ2n) is 6.82. The summed E-state index contributed by atoms with van der Waals surface area (Å²) in [6.45, 7) is 1.31. The molecule has 0 unspecified atom stereocenters. The van der Waals surface area contributed by atoms with Crippen molar-refractivity contribution < 1.29 is 19.0 Å². The van der Waals surface area contributed by atoms with E-state index >= 15 is 0 Å². The molecule has 0 bridgehead atoms. The number of hydrogen-bond acceptors (Lipinski definition) is 5. The molecule has 0 spiro atoms. The predicted octanol–water partition coefficient (Wildman–Crippen LogP) is 3.36. The molecule has 0 aliphatic heterocycles. The van der Waals surface area contributed by atoms with Crippen LogP contribution in [0.4, 0.5) is 0 Å². The molecule has 8 heteroatoms. The topological polar surface area (TPSA) is 90.4 Å². The van der Waals surface area contributed by atoms with Gasteiger partial charge in [-0.1, -0.05) is 12.1 Å². The molecule has 2 heterocycles. The molecule has 0 saturated carbocycles. The maximum Gasteiger partial charge on any atom is 0.267 e. The summed E-state index contributed by atoms with van der Waals surface area (Å²) in [5.41, 5.74) is 3.15. The summed E-state index contributed by atoms with van der Waals surface area (Å²) in [6.07, 6.45) is 2.61. The number of methoxy groups -OCH3 is 3. The van der Waals surface area contributed by atoms with Crippen LogP contribution < -0.4 is 19.5 Å². The number of aryl methyl sites for hydroxylation is 1. The number of ether oxygens (including phenoxy) is 3. The van der Waals surface area contributed by atoms with Gasteiger partial charge in [-0.05, 0) is 24.6 Å². The highest BCUT2D eigenvalue weighted by Crippen LogP contribution is 2.41. The summed E-state index contributed by atoms with van der Waals surface area (Å²) in [7, 11) is 4.70. The molecule has 30 heavy (non-hydrogen) atoms. The lowest BCUT2D eigenvalue weighted by Gasteiger charge is -2.11. The minimum Gasteiger partial charge on any atom is -0.496 e. The number of aromatic nitrogens is 3. The Balaban J connectivity index is 1.45. The largest absolute Gasteiger partial charge is 0.496 e. The Morgan fingerprint density at radius 3 is 2.67 bits per heavy atom. The second kappa shape index (κ2) is 8.36. The number of carbonyl (C=O) groups is 1. The summed E-state index contributed by atoms with van der Waals surface area (Å²) >= 11 is 0. The SMILES string of the molecule is COc1cc(OC)c2cc(C(=O)NCCCn3cnc4ccccc43)[nH]c2c1OC. The number of rotatable bonds is 8. The molecule has 0 fully saturated rings. The Morgan fingerprint density at radius 1 is 1.10 bits per heavy atom. The maximum atomic E-state index is 12.7. The van der Waals surface area contributed by atoms with E-state index in [1.54, 1.807) is 33.5 Å². The summed E-state index contributed by atoms with van der Waals surface area (Å²) in [4.78, 5) is 20.2. The average Bonchev–Trinajstić information content (AvgIpc) is 3.40. The van der Waals surface area contributed by atoms with Crippen LogP contribution in [0.25, 0.3) is 21.9 Å². The van der Waals surface area contributed by atoms with E-state index < -0.39 is 0 Å². The molecule has 0 radical (unpaired) electrons. The van der Waals surface area contributed by atoms with E-state index in [2.05, 4.69) is 19.9 Å². The van der Waals surface area contributed by atoms with Gasteiger partial charge in [-0.3, -0.25) is 4.79 Å². The van der Waals surface area contributed by atoms with Crippen LogP contribution >= 0.6 is 0 Å². The smallest absolute Gasteiger partial charge is 0.267 e. The Labute approximate surface area is 173 Å². The fourth-order valence-corrected chi connectivity index (χ4v) is 3.59. The number of aromatic amines is 1. The van der Waals surface area contributed by atoms with Crippen molar-refractivity contribution in [1.82, 2.24) is 19.9 Å². The quantitative estimate of drug-likeness (QED) is 0.436. The van der Waals surface area contributed by atoms with Crippen LogP contribution in [0.1, 0.15) is 16.9 Å². The number of nitrogens with one attached hydrogen (secondary N) is 2. The molecular formula is C22H24N4O4. The summed E-state index contributed by atoms with van der Waals surface area (Å²) in [5, 5.41) is 3.71. The van der Waals surface area contributed by atoms with Gasteiger partial charge >= 0.3 is 0 Å². The number of H-pyrrole nitrogens is 1. The van der Waals surface area contributed by atoms with Crippen molar-refractivity contribution in [1.29, 1.82) is 0 Å². The molecule has 0 aliphatic carbocycles. The zero-order chi connectivity index (χ0) is 21.1. The first-order valence-electron chi connectivity index (χ1n) is 9.66. The van der Waals surface area contributed by atoms with Crippen LogP contribution in [0.2, 0.25) is 0 Å². The van der Waals surface area contributed by atoms with Crippen molar-refractivity contribution in [3.05, 3.63) is 48.4 Å². The van der Waals surface area contributed by atoms with Crippen LogP contribution in [0.3, 0.4) is 0 Å². The van der Waals surface area contributed by atoms with Crippen molar-refractivity contribution >= 4 is 27.8 Å². The Bertz CT molecular complexity index is 1190. The van der Waals surface area contributed by atoms with Gasteiger partial charge in [0.25, 0.3) is 5.91 Å². The van der Waals surface area contributed by atoms with Crippen LogP contribution in [0.15, 0.2) is 42.7 Å². The highest BCUT2D eigenvalue weighted by Gasteiger charge is 2.19. The van der Waals surface area contributed by atoms with Crippen LogP contribution in [0.5, 0.6) is 17.2 Å². The van der Waals surface area contributed by atoms with Crippen LogP contribution in [-0.2, 0) is 6.54 Å². The number of amides is 1. The second-order valence-corrected chi connectivity index (χ2v) is 6.82. The van der Waals surface area contributed by atoms with E-state index in [-0.39, 0.29) is 5.91 Å². The lowest BCUT2D eigenvalue weighted by Crippen LogP contribution is -2.25. The standard InChI is InChI=1S/C22H24N4O4/c1-28-18-12-19(29-2)21(30-3)20-14(18)11-16(25-20)22(27)23-9-6-10-26-13-24-15-7-4-5-8-17(15)26/h4-5,7-8,11-13,25H,6,9-10H2,1-3H3,(H,23,27). The average molecular weight is 408 g/mol. The first kappa shape index (κ1) is 19.6. The number of para-hydroxylation sites is 2. The van der Waals surface area contributed by atoms with Gasteiger partial charge in [-0.2, -0.15) is 0 Å². The molecule has 8 nitrogen and oxygen atoms in total. The first-order valence-corrected chi connectivity index (χ1v) is 9.66. The number of hydrogen-bond donors (Lipinski definition) is 2. The summed E-state index contributed by atoms with van der Waals surface area (Å²) in [5.74, 6) is 1.47. The minimum atomic E-state index is -0.190. The van der Waals surface area contributed by atoms with Gasteiger partial charge in [0.1, 0.15) is 11.4 Å². The van der Waals surface area contributed by atoms with Crippen molar-refractivity contribution in [2.75, 3.05) is 27.9 Å². The molecule has 0 aliphatic rings. The van der Waals surface area contributed by atoms with Gasteiger partial charge in [0.15, 0.2) is 11.5 Å². The molecule has 0 saturated heterocycles. The molecule has 156 valence electrons. The van der Waals surface area contributed by atoms with E-state index in [0.717, 1.165) is 29.4 Å². The van der Waals surface area contributed by atoms with Gasteiger partial charge in [0, 0.05) is 24.5 Å². The van der Waals surface area contributed by atoms with E-state index in [0.29, 0.717) is 35.0 Å². The van der Waals surface area contributed by atoms with Crippen molar-refractivity contribution in [3.63, 3.8) is 0 Å². The van der Waals surface area contributed by atoms with E-state index in [9.17, 15) is 4.79 Å². The van der Waals surface area contributed by atoms with Crippen molar-refractivity contribution in [2.45, 2.75) is 13.0 Å². The molecule has 4 aromatic rings. The number of imidazole rings is 1. The zero-order valence-corrected chi connectivity index (χ0v) is 17.2. The van der Waals surface area contributed by atoms with Crippen molar-refractivity contribution in [3.8, 4) is 17.2 Å². The highest BCUT2D eigenvalue weighted by molar-refractivity contribution is 6.02. The molecule has 0 atom stereocenters. The third kappa shape index (κ3) is 3.52. The fourth-order valence-electron chi connectivity index (χ4n) is 3.59. The summed E-state index contributed by atoms with van der Waals surface area (Å²) < 4.78 is 18.4. The van der Waals surface area contributed by atoms with Crippen LogP contribution in [-0.4, -0.2) is 48.3 Å². The van der Waals surface area contributed by atoms with Gasteiger partial charge in [-0.25, -0.2) is 4.98 Å². The molecule has 2 aromatic carbocycles. The normalized spacial score (nSPS) is 11.0. The molecule has 2 aromatic heterocycles. The zero-order valence-electron chi connectivity index (χ0n) is 17.2. The predicted molar refractivity (Wildman–Crippen MR) is 115 cm³/mol. The van der Waals surface area contributed by atoms with Gasteiger partial charge in [-0.15, -0.1) is 0 Å². The number of carbonyl (C=O) groups excluding carboxylic acids is 1. The Kier molecular flexibility index (Phi) is 5.47. The van der Waals surface area contributed by atoms with Crippen LogP contribution in [0, 0.1) is 0 Å². The minimum absolute atomic E-state index is 0.190. The summed E-state index contributed by atoms with van der Waals surface area (Å²) in [6, 6.07) is 11.5. The number of fused-ring (bicyclic) bond motifs is 2. The number of benzene rings is 2. The van der Waals surface area contributed by atoms with Crippen molar-refractivity contribution in [2.24, 2.45) is 0 Å². The van der Waals surface area contributed by atoms with E-state index in [4.69, 9.17) is 14.2 Å². The fraction of sp³-hybridized carbons (Fsp3) is 0.273. The van der Waals surface area contributed by atoms with Gasteiger partial charge in [0.05, 0.1) is 44.2 Å². The third-order valence-electron chi connectivity index (χ3n) is 5.07. The lowest BCUT2D eigenvalue weighted by atomic mass is 10.2. The van der Waals surface area contributed by atoms with E-state index in [1.807, 2.05) is 30.6 Å². The highest BCUT2D eigenvalue weighted by atomic mass is 16.5. The van der Waals surface area contributed by atoms with Gasteiger partial charge < -0.3 is 29.1 Å². The monoisotopic (exact) mass is 408 g/mol. The van der Waals surface area contributed by atoms with E-state index in [1.165, 1.54) is 0 Å².